The van der Waals surface area contributed by atoms with Crippen LogP contribution >= 0.6 is 0 Å². The van der Waals surface area contributed by atoms with Crippen LogP contribution in [0.15, 0.2) is 73.1 Å². The summed E-state index contributed by atoms with van der Waals surface area (Å²) in [5.41, 5.74) is 3.83. The Morgan fingerprint density at radius 3 is 2.81 bits per heavy atom. The third kappa shape index (κ3) is 5.56. The molecule has 4 aromatic rings. The van der Waals surface area contributed by atoms with Gasteiger partial charge in [0.2, 0.25) is 0 Å². The molecule has 3 heterocycles. The van der Waals surface area contributed by atoms with Gasteiger partial charge in [0, 0.05) is 44.1 Å². The van der Waals surface area contributed by atoms with Gasteiger partial charge in [-0.05, 0) is 43.7 Å². The second kappa shape index (κ2) is 11.3. The van der Waals surface area contributed by atoms with Crippen LogP contribution in [0.25, 0.3) is 16.9 Å². The van der Waals surface area contributed by atoms with Gasteiger partial charge in [0.25, 0.3) is 5.91 Å². The van der Waals surface area contributed by atoms with E-state index in [2.05, 4.69) is 27.3 Å². The van der Waals surface area contributed by atoms with Gasteiger partial charge in [0.05, 0.1) is 11.9 Å². The van der Waals surface area contributed by atoms with Crippen molar-refractivity contribution >= 4 is 11.6 Å². The molecule has 8 nitrogen and oxygen atoms in total. The van der Waals surface area contributed by atoms with Crippen LogP contribution in [0.4, 0.5) is 0 Å². The summed E-state index contributed by atoms with van der Waals surface area (Å²) in [6.45, 7) is 3.53. The van der Waals surface area contributed by atoms with Crippen molar-refractivity contribution < 1.29 is 14.3 Å². The van der Waals surface area contributed by atoms with Crippen LogP contribution in [0.2, 0.25) is 0 Å². The van der Waals surface area contributed by atoms with E-state index in [-0.39, 0.29) is 5.91 Å². The molecule has 5 rings (SSSR count). The Hall–Kier alpha value is -3.75. The maximum atomic E-state index is 13.0. The van der Waals surface area contributed by atoms with E-state index in [1.54, 1.807) is 16.9 Å². The maximum absolute atomic E-state index is 13.0. The van der Waals surface area contributed by atoms with E-state index in [0.717, 1.165) is 55.2 Å². The Morgan fingerprint density at radius 1 is 1.14 bits per heavy atom. The number of carbonyl (C=O) groups is 1. The number of rotatable bonds is 9. The predicted molar refractivity (Wildman–Crippen MR) is 138 cm³/mol. The van der Waals surface area contributed by atoms with Crippen molar-refractivity contribution in [2.24, 2.45) is 0 Å². The molecule has 1 amide bonds. The van der Waals surface area contributed by atoms with E-state index >= 15 is 0 Å². The highest BCUT2D eigenvalue weighted by atomic mass is 16.5. The normalized spacial score (nSPS) is 14.3. The van der Waals surface area contributed by atoms with Crippen LogP contribution in [0.5, 0.6) is 5.75 Å². The van der Waals surface area contributed by atoms with E-state index in [9.17, 15) is 4.79 Å². The number of hydrogen-bond acceptors (Lipinski definition) is 6. The molecule has 1 aliphatic rings. The number of amides is 1. The lowest BCUT2D eigenvalue weighted by atomic mass is 10.1. The van der Waals surface area contributed by atoms with Crippen molar-refractivity contribution in [3.05, 3.63) is 84.2 Å². The average Bonchev–Trinajstić information content (AvgIpc) is 3.37. The van der Waals surface area contributed by atoms with Gasteiger partial charge in [-0.15, -0.1) is 0 Å². The lowest BCUT2D eigenvalue weighted by molar-refractivity contribution is 0.0392. The molecule has 0 unspecified atom stereocenters. The zero-order chi connectivity index (χ0) is 24.7. The molecule has 1 fully saturated rings. The molecular weight excluding hydrogens is 454 g/mol. The van der Waals surface area contributed by atoms with Crippen LogP contribution in [0.1, 0.15) is 28.8 Å². The molecule has 0 saturated carbocycles. The lowest BCUT2D eigenvalue weighted by Crippen LogP contribution is -2.38. The number of ether oxygens (including phenoxy) is 2. The molecule has 0 atom stereocenters. The van der Waals surface area contributed by atoms with Crippen LogP contribution in [0, 0.1) is 0 Å². The number of fused-ring (bicyclic) bond motifs is 1. The number of nitrogens with one attached hydrogen (secondary N) is 1. The second-order valence-electron chi connectivity index (χ2n) is 8.99. The molecule has 2 aromatic heterocycles. The number of likely N-dealkylation sites (N-methyl/N-ethyl adjacent to an activating group) is 1. The summed E-state index contributed by atoms with van der Waals surface area (Å²) < 4.78 is 13.1. The minimum absolute atomic E-state index is 0.216. The Bertz CT molecular complexity index is 1300. The van der Waals surface area contributed by atoms with E-state index in [4.69, 9.17) is 9.47 Å². The molecule has 1 N–H and O–H groups in total. The first-order chi connectivity index (χ1) is 17.7. The maximum Gasteiger partial charge on any atom is 0.257 e. The van der Waals surface area contributed by atoms with E-state index in [1.807, 2.05) is 60.7 Å². The summed E-state index contributed by atoms with van der Waals surface area (Å²) in [7, 11) is 2.14. The third-order valence-corrected chi connectivity index (χ3v) is 6.59. The summed E-state index contributed by atoms with van der Waals surface area (Å²) in [6.07, 6.45) is 5.41. The van der Waals surface area contributed by atoms with Crippen molar-refractivity contribution in [3.8, 4) is 17.0 Å². The highest BCUT2D eigenvalue weighted by Crippen LogP contribution is 2.21. The lowest BCUT2D eigenvalue weighted by Gasteiger charge is -2.31. The van der Waals surface area contributed by atoms with Crippen LogP contribution in [0.3, 0.4) is 0 Å². The summed E-state index contributed by atoms with van der Waals surface area (Å²) in [4.78, 5) is 19.7. The zero-order valence-electron chi connectivity index (χ0n) is 20.5. The Morgan fingerprint density at radius 2 is 1.97 bits per heavy atom. The molecule has 1 aliphatic heterocycles. The van der Waals surface area contributed by atoms with Crippen molar-refractivity contribution in [2.45, 2.75) is 25.4 Å². The highest BCUT2D eigenvalue weighted by molar-refractivity contribution is 5.99. The number of aromatic nitrogens is 3. The SMILES string of the molecule is CN(CCOc1cccc(CNC(=O)c2cnn3c(-c4ccccc4)ccnc23)c1)C1CCOCC1. The van der Waals surface area contributed by atoms with Gasteiger partial charge in [0.15, 0.2) is 5.65 Å². The fraction of sp³-hybridized carbons (Fsp3) is 0.321. The van der Waals surface area contributed by atoms with Crippen LogP contribution in [-0.2, 0) is 11.3 Å². The molecule has 0 bridgehead atoms. The summed E-state index contributed by atoms with van der Waals surface area (Å²) in [5, 5.41) is 7.42. The van der Waals surface area contributed by atoms with Crippen molar-refractivity contribution in [1.29, 1.82) is 0 Å². The van der Waals surface area contributed by atoms with Crippen molar-refractivity contribution in [1.82, 2.24) is 24.8 Å². The molecule has 186 valence electrons. The molecule has 8 heteroatoms. The average molecular weight is 486 g/mol. The van der Waals surface area contributed by atoms with Gasteiger partial charge in [-0.3, -0.25) is 9.69 Å². The molecule has 0 aliphatic carbocycles. The Labute approximate surface area is 210 Å². The summed E-state index contributed by atoms with van der Waals surface area (Å²) in [6, 6.07) is 20.2. The van der Waals surface area contributed by atoms with Crippen molar-refractivity contribution in [3.63, 3.8) is 0 Å². The first-order valence-corrected chi connectivity index (χ1v) is 12.3. The number of carbonyl (C=O) groups excluding carboxylic acids is 1. The van der Waals surface area contributed by atoms with E-state index < -0.39 is 0 Å². The largest absolute Gasteiger partial charge is 0.492 e. The zero-order valence-corrected chi connectivity index (χ0v) is 20.5. The van der Waals surface area contributed by atoms with Crippen LogP contribution < -0.4 is 10.1 Å². The van der Waals surface area contributed by atoms with Gasteiger partial charge in [-0.25, -0.2) is 9.50 Å². The molecule has 1 saturated heterocycles. The summed E-state index contributed by atoms with van der Waals surface area (Å²) in [5.74, 6) is 0.583. The van der Waals surface area contributed by atoms with Gasteiger partial charge in [-0.1, -0.05) is 42.5 Å². The quantitative estimate of drug-likeness (QED) is 0.388. The Balaban J connectivity index is 1.18. The number of hydrogen-bond donors (Lipinski definition) is 1. The molecule has 0 radical (unpaired) electrons. The highest BCUT2D eigenvalue weighted by Gasteiger charge is 2.18. The van der Waals surface area contributed by atoms with Gasteiger partial charge >= 0.3 is 0 Å². The predicted octanol–water partition coefficient (Wildman–Crippen LogP) is 3.82. The molecule has 2 aromatic carbocycles. The molecule has 0 spiro atoms. The molecular formula is C28H31N5O3. The van der Waals surface area contributed by atoms with E-state index in [1.165, 1.54) is 0 Å². The first kappa shape index (κ1) is 24.0. The summed E-state index contributed by atoms with van der Waals surface area (Å²) >= 11 is 0. The number of nitrogens with zero attached hydrogens (tertiary/aromatic N) is 4. The van der Waals surface area contributed by atoms with Gasteiger partial charge in [0.1, 0.15) is 17.9 Å². The minimum Gasteiger partial charge on any atom is -0.492 e. The fourth-order valence-electron chi connectivity index (χ4n) is 4.52. The smallest absolute Gasteiger partial charge is 0.257 e. The topological polar surface area (TPSA) is 81.0 Å². The monoisotopic (exact) mass is 485 g/mol. The van der Waals surface area contributed by atoms with E-state index in [0.29, 0.717) is 30.4 Å². The first-order valence-electron chi connectivity index (χ1n) is 12.3. The van der Waals surface area contributed by atoms with Gasteiger partial charge in [-0.2, -0.15) is 5.10 Å². The van der Waals surface area contributed by atoms with Gasteiger partial charge < -0.3 is 14.8 Å². The van der Waals surface area contributed by atoms with Crippen molar-refractivity contribution in [2.75, 3.05) is 33.4 Å². The standard InChI is InChI=1S/C28H31N5O3/c1-32(23-11-15-35-16-12-23)14-17-36-24-9-5-6-21(18-24)19-30-28(34)25-20-31-33-26(10-13-29-27(25)33)22-7-3-2-4-8-22/h2-10,13,18,20,23H,11-12,14-17,19H2,1H3,(H,30,34). The minimum atomic E-state index is -0.216. The fourth-order valence-corrected chi connectivity index (χ4v) is 4.52. The molecule has 36 heavy (non-hydrogen) atoms. The third-order valence-electron chi connectivity index (χ3n) is 6.59. The number of benzene rings is 2. The second-order valence-corrected chi connectivity index (χ2v) is 8.99. The van der Waals surface area contributed by atoms with Crippen LogP contribution in [-0.4, -0.2) is 64.9 Å². The Kier molecular flexibility index (Phi) is 7.54.